The summed E-state index contributed by atoms with van der Waals surface area (Å²) in [6.07, 6.45) is 2.47. The van der Waals surface area contributed by atoms with Crippen molar-refractivity contribution < 1.29 is 4.74 Å². The molecule has 128 valence electrons. The van der Waals surface area contributed by atoms with Gasteiger partial charge in [0.05, 0.1) is 6.61 Å². The van der Waals surface area contributed by atoms with Crippen LogP contribution < -0.4 is 4.90 Å². The van der Waals surface area contributed by atoms with Gasteiger partial charge in [-0.05, 0) is 43.0 Å². The SMILES string of the molecule is Cc1ccccc1C1CN(c2ccc3nnc(C4CC4)n3n2)CCO1. The number of benzene rings is 1. The normalized spacial score (nSPS) is 21.0. The number of morpholine rings is 1. The lowest BCUT2D eigenvalue weighted by molar-refractivity contribution is 0.0390. The Labute approximate surface area is 146 Å². The summed E-state index contributed by atoms with van der Waals surface area (Å²) in [6.45, 7) is 4.50. The summed E-state index contributed by atoms with van der Waals surface area (Å²) >= 11 is 0. The molecule has 1 aromatic carbocycles. The molecule has 3 aromatic rings. The lowest BCUT2D eigenvalue weighted by atomic mass is 10.0. The zero-order chi connectivity index (χ0) is 16.8. The van der Waals surface area contributed by atoms with Gasteiger partial charge in [0.15, 0.2) is 11.5 Å². The Balaban J connectivity index is 1.45. The van der Waals surface area contributed by atoms with E-state index >= 15 is 0 Å². The van der Waals surface area contributed by atoms with E-state index in [0.717, 1.165) is 30.4 Å². The van der Waals surface area contributed by atoms with Crippen LogP contribution in [0.5, 0.6) is 0 Å². The first-order chi connectivity index (χ1) is 12.3. The summed E-state index contributed by atoms with van der Waals surface area (Å²) < 4.78 is 7.96. The third-order valence-electron chi connectivity index (χ3n) is 5.14. The molecule has 2 aliphatic rings. The van der Waals surface area contributed by atoms with Crippen LogP contribution in [0.3, 0.4) is 0 Å². The highest BCUT2D eigenvalue weighted by atomic mass is 16.5. The third-order valence-corrected chi connectivity index (χ3v) is 5.14. The molecule has 2 fully saturated rings. The van der Waals surface area contributed by atoms with E-state index in [4.69, 9.17) is 9.84 Å². The number of hydrogen-bond acceptors (Lipinski definition) is 5. The molecule has 2 aromatic heterocycles. The monoisotopic (exact) mass is 335 g/mol. The maximum absolute atomic E-state index is 6.04. The highest BCUT2D eigenvalue weighted by molar-refractivity contribution is 5.47. The van der Waals surface area contributed by atoms with E-state index in [9.17, 15) is 0 Å². The minimum Gasteiger partial charge on any atom is -0.370 e. The Kier molecular flexibility index (Phi) is 3.45. The second-order valence-corrected chi connectivity index (χ2v) is 6.96. The summed E-state index contributed by atoms with van der Waals surface area (Å²) in [4.78, 5) is 2.30. The molecule has 6 nitrogen and oxygen atoms in total. The molecular formula is C19H21N5O. The van der Waals surface area contributed by atoms with Crippen molar-refractivity contribution in [1.82, 2.24) is 19.8 Å². The molecule has 1 aliphatic heterocycles. The fraction of sp³-hybridized carbons (Fsp3) is 0.421. The van der Waals surface area contributed by atoms with Crippen molar-refractivity contribution in [3.05, 3.63) is 53.3 Å². The van der Waals surface area contributed by atoms with Crippen LogP contribution in [0.25, 0.3) is 5.65 Å². The van der Waals surface area contributed by atoms with Gasteiger partial charge >= 0.3 is 0 Å². The Morgan fingerprint density at radius 3 is 2.80 bits per heavy atom. The van der Waals surface area contributed by atoms with Gasteiger partial charge in [0.25, 0.3) is 0 Å². The van der Waals surface area contributed by atoms with E-state index < -0.39 is 0 Å². The van der Waals surface area contributed by atoms with E-state index in [1.807, 2.05) is 16.6 Å². The zero-order valence-corrected chi connectivity index (χ0v) is 14.3. The van der Waals surface area contributed by atoms with Crippen LogP contribution in [0.1, 0.15) is 41.8 Å². The van der Waals surface area contributed by atoms with Gasteiger partial charge in [0, 0.05) is 19.0 Å². The smallest absolute Gasteiger partial charge is 0.178 e. The van der Waals surface area contributed by atoms with Gasteiger partial charge in [-0.25, -0.2) is 0 Å². The average molecular weight is 335 g/mol. The minimum absolute atomic E-state index is 0.0799. The van der Waals surface area contributed by atoms with Crippen LogP contribution in [0.15, 0.2) is 36.4 Å². The molecule has 0 spiro atoms. The number of nitrogens with zero attached hydrogens (tertiary/aromatic N) is 5. The van der Waals surface area contributed by atoms with Gasteiger partial charge in [-0.1, -0.05) is 24.3 Å². The Morgan fingerprint density at radius 1 is 1.08 bits per heavy atom. The summed E-state index contributed by atoms with van der Waals surface area (Å²) in [6, 6.07) is 12.5. The van der Waals surface area contributed by atoms with Gasteiger partial charge < -0.3 is 9.64 Å². The number of aromatic nitrogens is 4. The fourth-order valence-electron chi connectivity index (χ4n) is 3.55. The summed E-state index contributed by atoms with van der Waals surface area (Å²) in [5, 5.41) is 13.4. The molecule has 1 aliphatic carbocycles. The topological polar surface area (TPSA) is 55.6 Å². The van der Waals surface area contributed by atoms with Gasteiger partial charge in [-0.3, -0.25) is 0 Å². The first kappa shape index (κ1) is 14.8. The molecule has 1 atom stereocenters. The highest BCUT2D eigenvalue weighted by Crippen LogP contribution is 2.38. The first-order valence-corrected chi connectivity index (χ1v) is 8.94. The van der Waals surface area contributed by atoms with Gasteiger partial charge in [0.2, 0.25) is 0 Å². The standard InChI is InChI=1S/C19H21N5O/c1-13-4-2-3-5-15(13)16-12-23(10-11-25-16)18-9-8-17-20-21-19(14-6-7-14)24(17)22-18/h2-5,8-9,14,16H,6-7,10-12H2,1H3. The molecule has 6 heteroatoms. The van der Waals surface area contributed by atoms with Crippen LogP contribution in [-0.4, -0.2) is 39.5 Å². The maximum atomic E-state index is 6.04. The Hall–Kier alpha value is -2.47. The van der Waals surface area contributed by atoms with E-state index in [0.29, 0.717) is 12.5 Å². The quantitative estimate of drug-likeness (QED) is 0.737. The number of hydrogen-bond donors (Lipinski definition) is 0. The van der Waals surface area contributed by atoms with Crippen LogP contribution >= 0.6 is 0 Å². The van der Waals surface area contributed by atoms with Crippen molar-refractivity contribution in [3.63, 3.8) is 0 Å². The fourth-order valence-corrected chi connectivity index (χ4v) is 3.55. The van der Waals surface area contributed by atoms with E-state index in [-0.39, 0.29) is 6.10 Å². The number of fused-ring (bicyclic) bond motifs is 1. The lowest BCUT2D eigenvalue weighted by Gasteiger charge is -2.34. The van der Waals surface area contributed by atoms with Crippen molar-refractivity contribution in [2.45, 2.75) is 31.8 Å². The number of aryl methyl sites for hydroxylation is 1. The van der Waals surface area contributed by atoms with Gasteiger partial charge in [-0.15, -0.1) is 15.3 Å². The van der Waals surface area contributed by atoms with Crippen LogP contribution in [0, 0.1) is 6.92 Å². The number of rotatable bonds is 3. The predicted octanol–water partition coefficient (Wildman–Crippen LogP) is 2.89. The molecule has 25 heavy (non-hydrogen) atoms. The molecule has 1 saturated heterocycles. The number of anilines is 1. The molecule has 0 radical (unpaired) electrons. The third kappa shape index (κ3) is 2.66. The molecule has 0 N–H and O–H groups in total. The van der Waals surface area contributed by atoms with Crippen molar-refractivity contribution in [1.29, 1.82) is 0 Å². The van der Waals surface area contributed by atoms with Crippen molar-refractivity contribution in [2.24, 2.45) is 0 Å². The van der Waals surface area contributed by atoms with Crippen molar-refractivity contribution >= 4 is 11.5 Å². The van der Waals surface area contributed by atoms with E-state index in [2.05, 4.69) is 46.3 Å². The molecule has 0 bridgehead atoms. The van der Waals surface area contributed by atoms with Crippen molar-refractivity contribution in [3.8, 4) is 0 Å². The van der Waals surface area contributed by atoms with E-state index in [1.54, 1.807) is 0 Å². The molecule has 3 heterocycles. The number of ether oxygens (including phenoxy) is 1. The lowest BCUT2D eigenvalue weighted by Crippen LogP contribution is -2.39. The van der Waals surface area contributed by atoms with Crippen LogP contribution in [-0.2, 0) is 4.74 Å². The first-order valence-electron chi connectivity index (χ1n) is 8.94. The second-order valence-electron chi connectivity index (χ2n) is 6.96. The molecular weight excluding hydrogens is 314 g/mol. The van der Waals surface area contributed by atoms with Crippen LogP contribution in [0.2, 0.25) is 0 Å². The van der Waals surface area contributed by atoms with Gasteiger partial charge in [0.1, 0.15) is 11.9 Å². The summed E-state index contributed by atoms with van der Waals surface area (Å²) in [5.41, 5.74) is 3.36. The molecule has 0 amide bonds. The molecule has 1 saturated carbocycles. The van der Waals surface area contributed by atoms with E-state index in [1.165, 1.54) is 24.0 Å². The second kappa shape index (κ2) is 5.81. The largest absolute Gasteiger partial charge is 0.370 e. The summed E-state index contributed by atoms with van der Waals surface area (Å²) in [7, 11) is 0. The predicted molar refractivity (Wildman–Crippen MR) is 94.8 cm³/mol. The Bertz CT molecular complexity index is 917. The molecule has 5 rings (SSSR count). The maximum Gasteiger partial charge on any atom is 0.178 e. The van der Waals surface area contributed by atoms with Crippen molar-refractivity contribution in [2.75, 3.05) is 24.6 Å². The minimum atomic E-state index is 0.0799. The van der Waals surface area contributed by atoms with Crippen LogP contribution in [0.4, 0.5) is 5.82 Å². The zero-order valence-electron chi connectivity index (χ0n) is 14.3. The average Bonchev–Trinajstić information content (AvgIpc) is 3.41. The highest BCUT2D eigenvalue weighted by Gasteiger charge is 2.30. The summed E-state index contributed by atoms with van der Waals surface area (Å²) in [5.74, 6) is 2.50. The van der Waals surface area contributed by atoms with Gasteiger partial charge in [-0.2, -0.15) is 4.52 Å². The molecule has 1 unspecified atom stereocenters. The Morgan fingerprint density at radius 2 is 1.96 bits per heavy atom.